The second-order valence-corrected chi connectivity index (χ2v) is 5.51. The number of nitrogens with zero attached hydrogens (tertiary/aromatic N) is 1. The molecule has 4 nitrogen and oxygen atoms in total. The molecular weight excluding hydrogens is 344 g/mol. The van der Waals surface area contributed by atoms with Crippen LogP contribution in [0.1, 0.15) is 5.56 Å². The van der Waals surface area contributed by atoms with Crippen molar-refractivity contribution in [3.8, 4) is 11.5 Å². The summed E-state index contributed by atoms with van der Waals surface area (Å²) in [6.07, 6.45) is 0. The Morgan fingerprint density at radius 3 is 2.75 bits per heavy atom. The van der Waals surface area contributed by atoms with Gasteiger partial charge in [0.15, 0.2) is 0 Å². The summed E-state index contributed by atoms with van der Waals surface area (Å²) in [5, 5.41) is 11.2. The van der Waals surface area contributed by atoms with Crippen molar-refractivity contribution in [2.45, 2.75) is 6.61 Å². The normalized spacial score (nSPS) is 10.4. The highest BCUT2D eigenvalue weighted by Crippen LogP contribution is 2.31. The molecule has 2 rings (SSSR count). The Hall–Kier alpha value is -1.43. The van der Waals surface area contributed by atoms with Gasteiger partial charge in [-0.15, -0.1) is 0 Å². The van der Waals surface area contributed by atoms with E-state index in [1.54, 1.807) is 13.1 Å². The van der Waals surface area contributed by atoms with Gasteiger partial charge in [0, 0.05) is 23.2 Å². The van der Waals surface area contributed by atoms with Crippen molar-refractivity contribution >= 4 is 33.2 Å². The number of hydrogen-bond acceptors (Lipinski definition) is 4. The lowest BCUT2D eigenvalue weighted by molar-refractivity contribution is 0.305. The third kappa shape index (κ3) is 3.36. The molecule has 106 valence electrons. The molecule has 0 radical (unpaired) electrons. The Kier molecular flexibility index (Phi) is 4.75. The Morgan fingerprint density at radius 2 is 2.10 bits per heavy atom. The van der Waals surface area contributed by atoms with Gasteiger partial charge in [-0.25, -0.2) is 5.84 Å². The van der Waals surface area contributed by atoms with Crippen LogP contribution < -0.4 is 15.6 Å². The third-order valence-corrected chi connectivity index (χ3v) is 3.80. The number of nitrogens with two attached hydrogens (primary N) is 1. The molecule has 0 aliphatic heterocycles. The minimum Gasteiger partial charge on any atom is -0.508 e. The van der Waals surface area contributed by atoms with Crippen LogP contribution >= 0.6 is 27.5 Å². The van der Waals surface area contributed by atoms with E-state index in [-0.39, 0.29) is 5.75 Å². The van der Waals surface area contributed by atoms with Crippen LogP contribution in [0.2, 0.25) is 5.02 Å². The highest BCUT2D eigenvalue weighted by Gasteiger charge is 2.11. The van der Waals surface area contributed by atoms with Gasteiger partial charge in [0.1, 0.15) is 18.1 Å². The number of rotatable bonds is 4. The van der Waals surface area contributed by atoms with Crippen LogP contribution in [0.25, 0.3) is 0 Å². The van der Waals surface area contributed by atoms with Crippen molar-refractivity contribution in [2.75, 3.05) is 12.1 Å². The predicted octanol–water partition coefficient (Wildman–Crippen LogP) is 3.70. The van der Waals surface area contributed by atoms with E-state index in [0.717, 1.165) is 15.7 Å². The summed E-state index contributed by atoms with van der Waals surface area (Å²) >= 11 is 9.49. The third-order valence-electron chi connectivity index (χ3n) is 2.76. The van der Waals surface area contributed by atoms with Gasteiger partial charge in [0.2, 0.25) is 0 Å². The number of hydrogen-bond donors (Lipinski definition) is 2. The molecule has 20 heavy (non-hydrogen) atoms. The molecule has 0 fully saturated rings. The smallest absolute Gasteiger partial charge is 0.138 e. The zero-order valence-corrected chi connectivity index (χ0v) is 13.1. The van der Waals surface area contributed by atoms with Gasteiger partial charge in [-0.3, -0.25) is 0 Å². The fraction of sp³-hybridized carbons (Fsp3) is 0.143. The van der Waals surface area contributed by atoms with Crippen molar-refractivity contribution in [3.63, 3.8) is 0 Å². The molecule has 6 heteroatoms. The maximum absolute atomic E-state index is 9.31. The number of aromatic hydroxyl groups is 1. The Balaban J connectivity index is 2.23. The Labute approximate surface area is 130 Å². The van der Waals surface area contributed by atoms with Gasteiger partial charge in [-0.2, -0.15) is 0 Å². The average Bonchev–Trinajstić information content (AvgIpc) is 2.38. The molecular formula is C14H14BrClN2O2. The highest BCUT2D eigenvalue weighted by atomic mass is 79.9. The second-order valence-electron chi connectivity index (χ2n) is 4.25. The van der Waals surface area contributed by atoms with Crippen molar-refractivity contribution in [2.24, 2.45) is 5.84 Å². The first kappa shape index (κ1) is 15.0. The van der Waals surface area contributed by atoms with E-state index < -0.39 is 0 Å². The van der Waals surface area contributed by atoms with Crippen molar-refractivity contribution in [1.29, 1.82) is 0 Å². The lowest BCUT2D eigenvalue weighted by Gasteiger charge is -2.18. The van der Waals surface area contributed by atoms with Crippen LogP contribution in [0, 0.1) is 0 Å². The van der Waals surface area contributed by atoms with E-state index in [1.807, 2.05) is 18.2 Å². The van der Waals surface area contributed by atoms with Crippen LogP contribution in [0.3, 0.4) is 0 Å². The van der Waals surface area contributed by atoms with Gasteiger partial charge in [0.05, 0.1) is 10.7 Å². The minimum atomic E-state index is 0.102. The van der Waals surface area contributed by atoms with Crippen molar-refractivity contribution in [3.05, 3.63) is 51.5 Å². The molecule has 0 aliphatic rings. The molecule has 3 N–H and O–H groups in total. The number of halogens is 2. The van der Waals surface area contributed by atoms with Crippen molar-refractivity contribution in [1.82, 2.24) is 0 Å². The molecule has 0 saturated heterocycles. The molecule has 0 saturated carbocycles. The second kappa shape index (κ2) is 6.35. The average molecular weight is 358 g/mol. The molecule has 2 aromatic rings. The Bertz CT molecular complexity index is 620. The predicted molar refractivity (Wildman–Crippen MR) is 84.2 cm³/mol. The van der Waals surface area contributed by atoms with Gasteiger partial charge in [0.25, 0.3) is 0 Å². The number of phenolic OH excluding ortho intramolecular Hbond substituents is 1. The molecule has 0 bridgehead atoms. The van der Waals surface area contributed by atoms with E-state index in [9.17, 15) is 5.11 Å². The lowest BCUT2D eigenvalue weighted by atomic mass is 10.2. The molecule has 0 aromatic heterocycles. The standard InChI is InChI=1S/C14H14BrClN2O2/c1-18(17)13-4-2-3-11(15)10(13)8-20-14-6-5-9(19)7-12(14)16/h2-7,19H,8,17H2,1H3. The SMILES string of the molecule is CN(N)c1cccc(Br)c1COc1ccc(O)cc1Cl. The molecule has 0 heterocycles. The first-order chi connectivity index (χ1) is 9.49. The van der Waals surface area contributed by atoms with E-state index >= 15 is 0 Å². The summed E-state index contributed by atoms with van der Waals surface area (Å²) in [4.78, 5) is 0. The molecule has 0 aliphatic carbocycles. The molecule has 0 unspecified atom stereocenters. The topological polar surface area (TPSA) is 58.7 Å². The van der Waals surface area contributed by atoms with E-state index in [1.165, 1.54) is 17.1 Å². The molecule has 0 spiro atoms. The fourth-order valence-corrected chi connectivity index (χ4v) is 2.48. The summed E-state index contributed by atoms with van der Waals surface area (Å²) in [7, 11) is 1.76. The van der Waals surface area contributed by atoms with Crippen LogP contribution in [0.4, 0.5) is 5.69 Å². The van der Waals surface area contributed by atoms with E-state index in [4.69, 9.17) is 22.2 Å². The highest BCUT2D eigenvalue weighted by molar-refractivity contribution is 9.10. The van der Waals surface area contributed by atoms with Crippen LogP contribution in [-0.4, -0.2) is 12.2 Å². The molecule has 2 aromatic carbocycles. The van der Waals surface area contributed by atoms with Crippen LogP contribution in [0.15, 0.2) is 40.9 Å². The van der Waals surface area contributed by atoms with E-state index in [0.29, 0.717) is 17.4 Å². The van der Waals surface area contributed by atoms with Gasteiger partial charge in [-0.1, -0.05) is 33.6 Å². The zero-order valence-electron chi connectivity index (χ0n) is 10.8. The quantitative estimate of drug-likeness (QED) is 0.647. The largest absolute Gasteiger partial charge is 0.508 e. The number of ether oxygens (including phenoxy) is 1. The number of hydrazine groups is 1. The fourth-order valence-electron chi connectivity index (χ4n) is 1.78. The summed E-state index contributed by atoms with van der Waals surface area (Å²) in [6, 6.07) is 10.3. The molecule has 0 atom stereocenters. The lowest BCUT2D eigenvalue weighted by Crippen LogP contribution is -2.26. The number of anilines is 1. The molecule has 0 amide bonds. The number of benzene rings is 2. The monoisotopic (exact) mass is 356 g/mol. The van der Waals surface area contributed by atoms with E-state index in [2.05, 4.69) is 15.9 Å². The van der Waals surface area contributed by atoms with Gasteiger partial charge >= 0.3 is 0 Å². The van der Waals surface area contributed by atoms with Gasteiger partial charge < -0.3 is 14.9 Å². The summed E-state index contributed by atoms with van der Waals surface area (Å²) < 4.78 is 6.60. The van der Waals surface area contributed by atoms with Gasteiger partial charge in [-0.05, 0) is 24.3 Å². The number of phenols is 1. The summed E-state index contributed by atoms with van der Waals surface area (Å²) in [5.41, 5.74) is 1.77. The van der Waals surface area contributed by atoms with Crippen molar-refractivity contribution < 1.29 is 9.84 Å². The maximum atomic E-state index is 9.31. The van der Waals surface area contributed by atoms with Crippen LogP contribution in [0.5, 0.6) is 11.5 Å². The maximum Gasteiger partial charge on any atom is 0.138 e. The Morgan fingerprint density at radius 1 is 1.35 bits per heavy atom. The zero-order chi connectivity index (χ0) is 14.7. The first-order valence-corrected chi connectivity index (χ1v) is 7.03. The minimum absolute atomic E-state index is 0.102. The van der Waals surface area contributed by atoms with Crippen LogP contribution in [-0.2, 0) is 6.61 Å². The summed E-state index contributed by atoms with van der Waals surface area (Å²) in [6.45, 7) is 0.308. The first-order valence-electron chi connectivity index (χ1n) is 5.86. The summed E-state index contributed by atoms with van der Waals surface area (Å²) in [5.74, 6) is 6.41.